The number of hydrogen-bond donors (Lipinski definition) is 0. The second-order valence-electron chi connectivity index (χ2n) is 8.29. The first kappa shape index (κ1) is 18.2. The summed E-state index contributed by atoms with van der Waals surface area (Å²) in [5.74, 6) is 0.437. The minimum Gasteiger partial charge on any atom is -0.492 e. The fourth-order valence-corrected chi connectivity index (χ4v) is 7.22. The van der Waals surface area contributed by atoms with Gasteiger partial charge in [-0.1, -0.05) is 36.7 Å². The maximum atomic E-state index is 13.4. The summed E-state index contributed by atoms with van der Waals surface area (Å²) < 4.78 is 34.9. The molecule has 0 aromatic heterocycles. The van der Waals surface area contributed by atoms with Gasteiger partial charge in [0.25, 0.3) is 0 Å². The molecular formula is C18H26BrNO3S. The SMILES string of the molecule is CCOc1ccc(Br)cc1S(=O)(=O)N1C[C@@]2(C)C[C@H]1CC(C)(C)C2. The summed E-state index contributed by atoms with van der Waals surface area (Å²) in [6, 6.07) is 5.29. The van der Waals surface area contributed by atoms with E-state index in [2.05, 4.69) is 36.7 Å². The third-order valence-electron chi connectivity index (χ3n) is 5.16. The molecule has 1 aliphatic carbocycles. The molecule has 3 rings (SSSR count). The van der Waals surface area contributed by atoms with Gasteiger partial charge in [0.05, 0.1) is 6.61 Å². The Bertz CT molecular complexity index is 747. The Hall–Kier alpha value is -0.590. The van der Waals surface area contributed by atoms with Crippen molar-refractivity contribution < 1.29 is 13.2 Å². The second-order valence-corrected chi connectivity index (χ2v) is 11.1. The van der Waals surface area contributed by atoms with Crippen molar-refractivity contribution >= 4 is 26.0 Å². The molecule has 0 unspecified atom stereocenters. The van der Waals surface area contributed by atoms with Gasteiger partial charge in [-0.25, -0.2) is 8.42 Å². The molecule has 6 heteroatoms. The third-order valence-corrected chi connectivity index (χ3v) is 7.57. The predicted molar refractivity (Wildman–Crippen MR) is 98.7 cm³/mol. The molecule has 2 aliphatic rings. The monoisotopic (exact) mass is 415 g/mol. The van der Waals surface area contributed by atoms with E-state index >= 15 is 0 Å². The summed E-state index contributed by atoms with van der Waals surface area (Å²) in [5, 5.41) is 0. The number of fused-ring (bicyclic) bond motifs is 2. The van der Waals surface area contributed by atoms with Crippen LogP contribution in [0.3, 0.4) is 0 Å². The molecule has 24 heavy (non-hydrogen) atoms. The summed E-state index contributed by atoms with van der Waals surface area (Å²) in [5.41, 5.74) is 0.249. The molecule has 1 saturated heterocycles. The van der Waals surface area contributed by atoms with Crippen molar-refractivity contribution in [3.63, 3.8) is 0 Å². The first-order valence-electron chi connectivity index (χ1n) is 8.51. The van der Waals surface area contributed by atoms with Crippen LogP contribution in [0, 0.1) is 10.8 Å². The molecule has 134 valence electrons. The maximum Gasteiger partial charge on any atom is 0.247 e. The Morgan fingerprint density at radius 3 is 2.67 bits per heavy atom. The number of nitrogens with zero attached hydrogens (tertiary/aromatic N) is 1. The average molecular weight is 416 g/mol. The van der Waals surface area contributed by atoms with E-state index < -0.39 is 10.0 Å². The van der Waals surface area contributed by atoms with Crippen molar-refractivity contribution in [2.75, 3.05) is 13.2 Å². The van der Waals surface area contributed by atoms with E-state index in [1.165, 1.54) is 0 Å². The van der Waals surface area contributed by atoms with Crippen LogP contribution in [0.4, 0.5) is 0 Å². The minimum absolute atomic E-state index is 0.0667. The maximum absolute atomic E-state index is 13.4. The van der Waals surface area contributed by atoms with Gasteiger partial charge in [-0.05, 0) is 55.2 Å². The number of halogens is 1. The van der Waals surface area contributed by atoms with Crippen LogP contribution in [0.2, 0.25) is 0 Å². The van der Waals surface area contributed by atoms with Gasteiger partial charge in [0.2, 0.25) is 10.0 Å². The highest BCUT2D eigenvalue weighted by Crippen LogP contribution is 2.54. The number of sulfonamides is 1. The lowest BCUT2D eigenvalue weighted by Gasteiger charge is -2.39. The van der Waals surface area contributed by atoms with Crippen molar-refractivity contribution in [3.8, 4) is 5.75 Å². The summed E-state index contributed by atoms with van der Waals surface area (Å²) in [6.45, 7) is 9.63. The highest BCUT2D eigenvalue weighted by molar-refractivity contribution is 9.10. The number of ether oxygens (including phenoxy) is 1. The van der Waals surface area contributed by atoms with Crippen molar-refractivity contribution in [2.45, 2.75) is 57.9 Å². The number of hydrogen-bond acceptors (Lipinski definition) is 3. The lowest BCUT2D eigenvalue weighted by molar-refractivity contribution is 0.133. The van der Waals surface area contributed by atoms with Crippen molar-refractivity contribution in [2.24, 2.45) is 10.8 Å². The average Bonchev–Trinajstić information content (AvgIpc) is 2.70. The summed E-state index contributed by atoms with van der Waals surface area (Å²) in [6.07, 6.45) is 2.94. The van der Waals surface area contributed by atoms with Gasteiger partial charge in [0.15, 0.2) is 0 Å². The molecule has 4 nitrogen and oxygen atoms in total. The zero-order valence-corrected chi connectivity index (χ0v) is 17.2. The fourth-order valence-electron chi connectivity index (χ4n) is 4.77. The van der Waals surface area contributed by atoms with Crippen LogP contribution in [-0.4, -0.2) is 31.9 Å². The van der Waals surface area contributed by atoms with Crippen molar-refractivity contribution in [1.29, 1.82) is 0 Å². The van der Waals surface area contributed by atoms with Crippen LogP contribution in [0.15, 0.2) is 27.6 Å². The van der Waals surface area contributed by atoms with E-state index in [-0.39, 0.29) is 21.8 Å². The van der Waals surface area contributed by atoms with Crippen LogP contribution in [0.1, 0.15) is 47.0 Å². The van der Waals surface area contributed by atoms with Crippen molar-refractivity contribution in [1.82, 2.24) is 4.31 Å². The topological polar surface area (TPSA) is 46.6 Å². The zero-order chi connectivity index (χ0) is 17.8. The molecule has 2 bridgehead atoms. The molecule has 0 N–H and O–H groups in total. The zero-order valence-electron chi connectivity index (χ0n) is 14.8. The van der Waals surface area contributed by atoms with Gasteiger partial charge in [-0.2, -0.15) is 4.31 Å². The standard InChI is InChI=1S/C18H26BrNO3S/c1-5-23-15-7-6-13(19)8-16(15)24(21,22)20-12-18(4)10-14(20)9-17(2,3)11-18/h6-8,14H,5,9-12H2,1-4H3/t14-,18+/m1/s1. The largest absolute Gasteiger partial charge is 0.492 e. The van der Waals surface area contributed by atoms with Crippen LogP contribution in [0.5, 0.6) is 5.75 Å². The van der Waals surface area contributed by atoms with Crippen LogP contribution < -0.4 is 4.74 Å². The molecule has 2 atom stereocenters. The molecule has 1 saturated carbocycles. The Morgan fingerprint density at radius 1 is 1.29 bits per heavy atom. The fraction of sp³-hybridized carbons (Fsp3) is 0.667. The molecule has 1 heterocycles. The van der Waals surface area contributed by atoms with Crippen LogP contribution in [-0.2, 0) is 10.0 Å². The second kappa shape index (κ2) is 5.99. The minimum atomic E-state index is -3.58. The molecule has 0 spiro atoms. The Kier molecular flexibility index (Phi) is 4.54. The Labute approximate surface area is 153 Å². The molecule has 0 radical (unpaired) electrons. The Balaban J connectivity index is 2.02. The van der Waals surface area contributed by atoms with Gasteiger partial charge < -0.3 is 4.74 Å². The Morgan fingerprint density at radius 2 is 2.00 bits per heavy atom. The third kappa shape index (κ3) is 3.25. The summed E-state index contributed by atoms with van der Waals surface area (Å²) in [7, 11) is -3.58. The lowest BCUT2D eigenvalue weighted by Crippen LogP contribution is -2.37. The van der Waals surface area contributed by atoms with E-state index in [4.69, 9.17) is 4.74 Å². The molecule has 1 aromatic carbocycles. The van der Waals surface area contributed by atoms with E-state index in [1.807, 2.05) is 13.0 Å². The normalized spacial score (nSPS) is 29.6. The van der Waals surface area contributed by atoms with Crippen molar-refractivity contribution in [3.05, 3.63) is 22.7 Å². The summed E-state index contributed by atoms with van der Waals surface area (Å²) in [4.78, 5) is 0.271. The van der Waals surface area contributed by atoms with E-state index in [0.29, 0.717) is 18.9 Å². The van der Waals surface area contributed by atoms with E-state index in [1.54, 1.807) is 16.4 Å². The van der Waals surface area contributed by atoms with E-state index in [0.717, 1.165) is 23.7 Å². The quantitative estimate of drug-likeness (QED) is 0.729. The highest BCUT2D eigenvalue weighted by atomic mass is 79.9. The smallest absolute Gasteiger partial charge is 0.247 e. The molecule has 1 aliphatic heterocycles. The lowest BCUT2D eigenvalue weighted by atomic mass is 9.65. The number of benzene rings is 1. The predicted octanol–water partition coefficient (Wildman–Crippen LogP) is 4.44. The molecular weight excluding hydrogens is 390 g/mol. The first-order valence-corrected chi connectivity index (χ1v) is 10.7. The summed E-state index contributed by atoms with van der Waals surface area (Å²) >= 11 is 3.39. The highest BCUT2D eigenvalue weighted by Gasteiger charge is 2.53. The molecule has 0 amide bonds. The van der Waals surface area contributed by atoms with Gasteiger partial charge in [0, 0.05) is 17.1 Å². The van der Waals surface area contributed by atoms with Crippen LogP contribution in [0.25, 0.3) is 0 Å². The van der Waals surface area contributed by atoms with Crippen LogP contribution >= 0.6 is 15.9 Å². The number of rotatable bonds is 4. The van der Waals surface area contributed by atoms with E-state index in [9.17, 15) is 8.42 Å². The van der Waals surface area contributed by atoms with Gasteiger partial charge >= 0.3 is 0 Å². The first-order chi connectivity index (χ1) is 11.1. The van der Waals surface area contributed by atoms with Gasteiger partial charge in [0.1, 0.15) is 10.6 Å². The van der Waals surface area contributed by atoms with Gasteiger partial charge in [-0.15, -0.1) is 0 Å². The molecule has 2 fully saturated rings. The molecule has 1 aromatic rings. The van der Waals surface area contributed by atoms with Gasteiger partial charge in [-0.3, -0.25) is 0 Å².